The highest BCUT2D eigenvalue weighted by Crippen LogP contribution is 1.69. The van der Waals surface area contributed by atoms with Gasteiger partial charge in [0.15, 0.2) is 0 Å². The average Bonchev–Trinajstić information content (AvgIpc) is 1.67. The minimum atomic E-state index is -0.833. The van der Waals surface area contributed by atoms with Gasteiger partial charge in [-0.1, -0.05) is 0 Å². The van der Waals surface area contributed by atoms with Crippen LogP contribution in [0.2, 0.25) is 0 Å². The van der Waals surface area contributed by atoms with Crippen LogP contribution in [-0.4, -0.2) is 17.5 Å². The molecule has 0 saturated heterocycles. The van der Waals surface area contributed by atoms with E-state index in [2.05, 4.69) is 4.74 Å². The fraction of sp³-hybridized carbons (Fsp3) is 0.750. The molecule has 0 atom stereocenters. The van der Waals surface area contributed by atoms with Gasteiger partial charge in [0, 0.05) is 6.92 Å². The molecule has 0 unspecified atom stereocenters. The Morgan fingerprint density at radius 2 is 2.11 bits per heavy atom. The predicted octanol–water partition coefficient (Wildman–Crippen LogP) is 0.755. The Morgan fingerprint density at radius 3 is 2.11 bits per heavy atom. The third-order valence-corrected chi connectivity index (χ3v) is 0.348. The number of ether oxygens (including phenoxy) is 1. The zero-order chi connectivity index (χ0) is 7.70. The van der Waals surface area contributed by atoms with Crippen LogP contribution in [0.15, 0.2) is 0 Å². The van der Waals surface area contributed by atoms with E-state index in [-0.39, 0.29) is 5.97 Å². The van der Waals surface area contributed by atoms with Crippen molar-refractivity contribution >= 4 is 14.7 Å². The highest BCUT2D eigenvalue weighted by molar-refractivity contribution is 7.16. The first-order valence-corrected chi connectivity index (χ1v) is 3.05. The van der Waals surface area contributed by atoms with Gasteiger partial charge in [-0.2, -0.15) is 0 Å². The summed E-state index contributed by atoms with van der Waals surface area (Å²) in [6.07, 6.45) is 0. The van der Waals surface area contributed by atoms with E-state index in [1.807, 2.05) is 0 Å². The fourth-order valence-electron chi connectivity index (χ4n) is 0.203. The Kier molecular flexibility index (Phi) is 13.2. The first kappa shape index (κ1) is 11.3. The molecular formula is C4H9O4P. The minimum Gasteiger partial charge on any atom is -0.466 e. The van der Waals surface area contributed by atoms with Gasteiger partial charge in [-0.05, 0) is 6.92 Å². The first-order chi connectivity index (χ1) is 4.18. The Bertz CT molecular complexity index is 82.6. The number of hydrogen-bond donors (Lipinski definition) is 1. The summed E-state index contributed by atoms with van der Waals surface area (Å²) in [6.45, 7) is 3.65. The van der Waals surface area contributed by atoms with Crippen LogP contribution in [0, 0.1) is 0 Å². The van der Waals surface area contributed by atoms with E-state index in [4.69, 9.17) is 9.46 Å². The maximum absolute atomic E-state index is 9.82. The predicted molar refractivity (Wildman–Crippen MR) is 32.1 cm³/mol. The van der Waals surface area contributed by atoms with Crippen LogP contribution in [0.25, 0.3) is 0 Å². The van der Waals surface area contributed by atoms with Gasteiger partial charge in [-0.25, -0.2) is 4.57 Å². The van der Waals surface area contributed by atoms with E-state index in [1.165, 1.54) is 6.92 Å². The van der Waals surface area contributed by atoms with Crippen LogP contribution in [0.1, 0.15) is 13.8 Å². The standard InChI is InChI=1S/C4H8O2.HO2P/c1-3-6-4(2)5;1-3-2/h3H2,1-2H3;(H,1,2). The summed E-state index contributed by atoms with van der Waals surface area (Å²) in [5.41, 5.74) is 0. The average molecular weight is 152 g/mol. The molecule has 0 rings (SSSR count). The summed E-state index contributed by atoms with van der Waals surface area (Å²) in [7, 11) is -0.833. The molecule has 0 radical (unpaired) electrons. The summed E-state index contributed by atoms with van der Waals surface area (Å²) in [6, 6.07) is 0. The maximum atomic E-state index is 9.82. The molecule has 54 valence electrons. The molecule has 0 aliphatic carbocycles. The lowest BCUT2D eigenvalue weighted by atomic mass is 10.8. The number of hydrogen-bond acceptors (Lipinski definition) is 3. The molecule has 0 aliphatic heterocycles. The van der Waals surface area contributed by atoms with Gasteiger partial charge >= 0.3 is 14.7 Å². The Morgan fingerprint density at radius 1 is 1.78 bits per heavy atom. The Labute approximate surface area is 55.1 Å². The van der Waals surface area contributed by atoms with Gasteiger partial charge in [-0.3, -0.25) is 4.79 Å². The zero-order valence-corrected chi connectivity index (χ0v) is 6.22. The van der Waals surface area contributed by atoms with Gasteiger partial charge in [0.25, 0.3) is 0 Å². The third kappa shape index (κ3) is 36.0. The Hall–Kier alpha value is -0.470. The number of carbonyl (C=O) groups excluding carboxylic acids is 1. The van der Waals surface area contributed by atoms with Crippen LogP contribution in [0.4, 0.5) is 0 Å². The molecule has 0 amide bonds. The minimum absolute atomic E-state index is 0.211. The summed E-state index contributed by atoms with van der Waals surface area (Å²) in [5.74, 6) is -0.211. The summed E-state index contributed by atoms with van der Waals surface area (Å²) >= 11 is 0. The molecule has 4 nitrogen and oxygen atoms in total. The zero-order valence-electron chi connectivity index (χ0n) is 5.33. The highest BCUT2D eigenvalue weighted by atomic mass is 31.1. The molecule has 0 saturated carbocycles. The van der Waals surface area contributed by atoms with Crippen LogP contribution in [0.5, 0.6) is 0 Å². The van der Waals surface area contributed by atoms with Crippen LogP contribution in [-0.2, 0) is 14.1 Å². The molecule has 1 N–H and O–H groups in total. The molecule has 0 spiro atoms. The molecule has 0 fully saturated rings. The third-order valence-electron chi connectivity index (χ3n) is 0.348. The molecule has 0 aliphatic rings. The van der Waals surface area contributed by atoms with Crippen LogP contribution < -0.4 is 0 Å². The van der Waals surface area contributed by atoms with Crippen molar-refractivity contribution in [3.63, 3.8) is 0 Å². The van der Waals surface area contributed by atoms with Gasteiger partial charge in [-0.15, -0.1) is 0 Å². The van der Waals surface area contributed by atoms with Gasteiger partial charge < -0.3 is 9.63 Å². The van der Waals surface area contributed by atoms with E-state index >= 15 is 0 Å². The van der Waals surface area contributed by atoms with E-state index < -0.39 is 8.69 Å². The first-order valence-electron chi connectivity index (χ1n) is 2.29. The Balaban J connectivity index is 0. The summed E-state index contributed by atoms with van der Waals surface area (Å²) < 4.78 is 12.9. The maximum Gasteiger partial charge on any atom is 0.324 e. The van der Waals surface area contributed by atoms with Crippen molar-refractivity contribution in [1.29, 1.82) is 0 Å². The molecule has 0 heterocycles. The van der Waals surface area contributed by atoms with Crippen LogP contribution >= 0.6 is 8.69 Å². The second-order valence-corrected chi connectivity index (χ2v) is 1.17. The second kappa shape index (κ2) is 10.5. The highest BCUT2D eigenvalue weighted by Gasteiger charge is 1.81. The SMILES string of the molecule is CCOC(C)=O.O=PO. The monoisotopic (exact) mass is 152 g/mol. The van der Waals surface area contributed by atoms with E-state index in [9.17, 15) is 4.79 Å². The normalized spacial score (nSPS) is 7.44. The van der Waals surface area contributed by atoms with Gasteiger partial charge in [0.1, 0.15) is 0 Å². The van der Waals surface area contributed by atoms with Crippen molar-refractivity contribution in [3.05, 3.63) is 0 Å². The molecule has 9 heavy (non-hydrogen) atoms. The van der Waals surface area contributed by atoms with E-state index in [0.29, 0.717) is 6.61 Å². The van der Waals surface area contributed by atoms with Crippen molar-refractivity contribution in [3.8, 4) is 0 Å². The largest absolute Gasteiger partial charge is 0.466 e. The van der Waals surface area contributed by atoms with E-state index in [0.717, 1.165) is 0 Å². The van der Waals surface area contributed by atoms with Crippen molar-refractivity contribution in [2.24, 2.45) is 0 Å². The van der Waals surface area contributed by atoms with Crippen molar-refractivity contribution in [2.45, 2.75) is 13.8 Å². The summed E-state index contributed by atoms with van der Waals surface area (Å²) in [4.78, 5) is 16.8. The van der Waals surface area contributed by atoms with Gasteiger partial charge in [0.05, 0.1) is 6.61 Å². The van der Waals surface area contributed by atoms with Gasteiger partial charge in [0.2, 0.25) is 0 Å². The number of esters is 1. The molecule has 5 heteroatoms. The van der Waals surface area contributed by atoms with Crippen molar-refractivity contribution in [1.82, 2.24) is 0 Å². The molecule has 0 bridgehead atoms. The second-order valence-electron chi connectivity index (χ2n) is 1.01. The van der Waals surface area contributed by atoms with Crippen molar-refractivity contribution < 1.29 is 19.0 Å². The van der Waals surface area contributed by atoms with E-state index in [1.54, 1.807) is 6.92 Å². The lowest BCUT2D eigenvalue weighted by Crippen LogP contribution is -1.95. The fourth-order valence-corrected chi connectivity index (χ4v) is 0.203. The number of carbonyl (C=O) groups is 1. The topological polar surface area (TPSA) is 63.6 Å². The molecule has 0 aromatic carbocycles. The lowest BCUT2D eigenvalue weighted by Gasteiger charge is -1.89. The molecular weight excluding hydrogens is 143 g/mol. The summed E-state index contributed by atoms with van der Waals surface area (Å²) in [5, 5.41) is 0. The van der Waals surface area contributed by atoms with Crippen LogP contribution in [0.3, 0.4) is 0 Å². The smallest absolute Gasteiger partial charge is 0.324 e. The molecule has 0 aromatic heterocycles. The quantitative estimate of drug-likeness (QED) is 0.445. The number of rotatable bonds is 1. The molecule has 0 aromatic rings. The van der Waals surface area contributed by atoms with Crippen molar-refractivity contribution in [2.75, 3.05) is 6.61 Å². The lowest BCUT2D eigenvalue weighted by molar-refractivity contribution is -0.140.